The molecule has 2 saturated heterocycles. The second-order valence-electron chi connectivity index (χ2n) is 6.73. The number of benzene rings is 1. The summed E-state index contributed by atoms with van der Waals surface area (Å²) in [7, 11) is 2.18. The highest BCUT2D eigenvalue weighted by Crippen LogP contribution is 2.49. The van der Waals surface area contributed by atoms with E-state index in [4.69, 9.17) is 9.47 Å². The number of ether oxygens (including phenoxy) is 2. The topological polar surface area (TPSA) is 33.7 Å². The first kappa shape index (κ1) is 13.4. The minimum absolute atomic E-state index is 0.0683. The highest BCUT2D eigenvalue weighted by Gasteiger charge is 2.49. The Morgan fingerprint density at radius 1 is 1.38 bits per heavy atom. The number of anilines is 1. The predicted molar refractivity (Wildman–Crippen MR) is 82.8 cm³/mol. The number of likely N-dealkylation sites (N-methyl/N-ethyl adjacent to an activating group) is 1. The van der Waals surface area contributed by atoms with Gasteiger partial charge in [0.1, 0.15) is 5.75 Å². The van der Waals surface area contributed by atoms with Gasteiger partial charge in [0, 0.05) is 24.6 Å². The van der Waals surface area contributed by atoms with Crippen molar-refractivity contribution in [2.75, 3.05) is 25.1 Å². The average molecular weight is 288 g/mol. The zero-order valence-electron chi connectivity index (χ0n) is 12.9. The highest BCUT2D eigenvalue weighted by molar-refractivity contribution is 5.66. The molecule has 0 aliphatic carbocycles. The maximum atomic E-state index is 6.05. The molecular formula is C17H24N2O2. The smallest absolute Gasteiger partial charge is 0.199 e. The first-order chi connectivity index (χ1) is 10.2. The van der Waals surface area contributed by atoms with E-state index >= 15 is 0 Å². The van der Waals surface area contributed by atoms with Gasteiger partial charge in [0.15, 0.2) is 6.29 Å². The van der Waals surface area contributed by atoms with Crippen LogP contribution in [0, 0.1) is 0 Å². The Hall–Kier alpha value is -1.26. The lowest BCUT2D eigenvalue weighted by atomic mass is 9.81. The molecule has 4 heteroatoms. The van der Waals surface area contributed by atoms with Crippen molar-refractivity contribution in [1.29, 1.82) is 0 Å². The molecule has 3 aliphatic rings. The van der Waals surface area contributed by atoms with Gasteiger partial charge in [-0.25, -0.2) is 0 Å². The van der Waals surface area contributed by atoms with Gasteiger partial charge in [-0.2, -0.15) is 0 Å². The minimum atomic E-state index is -0.0683. The van der Waals surface area contributed by atoms with Crippen LogP contribution in [0.25, 0.3) is 0 Å². The summed E-state index contributed by atoms with van der Waals surface area (Å²) in [6, 6.07) is 6.51. The minimum Gasteiger partial charge on any atom is -0.465 e. The summed E-state index contributed by atoms with van der Waals surface area (Å²) >= 11 is 0. The van der Waals surface area contributed by atoms with Crippen molar-refractivity contribution < 1.29 is 9.47 Å². The molecule has 3 atom stereocenters. The monoisotopic (exact) mass is 288 g/mol. The molecule has 0 aromatic heterocycles. The molecule has 3 aliphatic heterocycles. The van der Waals surface area contributed by atoms with Crippen molar-refractivity contribution >= 4 is 5.69 Å². The lowest BCUT2D eigenvalue weighted by molar-refractivity contribution is -0.105. The Morgan fingerprint density at radius 2 is 2.29 bits per heavy atom. The summed E-state index contributed by atoms with van der Waals surface area (Å²) in [4.78, 5) is 2.36. The molecular weight excluding hydrogens is 264 g/mol. The van der Waals surface area contributed by atoms with E-state index in [0.29, 0.717) is 6.17 Å². The van der Waals surface area contributed by atoms with Crippen molar-refractivity contribution in [3.8, 4) is 5.75 Å². The van der Waals surface area contributed by atoms with Crippen LogP contribution in [0.5, 0.6) is 5.75 Å². The largest absolute Gasteiger partial charge is 0.465 e. The van der Waals surface area contributed by atoms with Gasteiger partial charge in [-0.15, -0.1) is 0 Å². The molecule has 0 radical (unpaired) electrons. The zero-order valence-corrected chi connectivity index (χ0v) is 12.9. The summed E-state index contributed by atoms with van der Waals surface area (Å²) in [5.74, 6) is 0.947. The Bertz CT molecular complexity index is 542. The molecule has 1 N–H and O–H groups in total. The van der Waals surface area contributed by atoms with Crippen LogP contribution in [0.3, 0.4) is 0 Å². The Labute approximate surface area is 126 Å². The SMILES string of the molecule is CN1c2ccc(OC3CCCCO3)cc2[C@]2(C)CCNC12. The highest BCUT2D eigenvalue weighted by atomic mass is 16.7. The summed E-state index contributed by atoms with van der Waals surface area (Å²) in [5, 5.41) is 3.62. The number of nitrogens with one attached hydrogen (secondary N) is 1. The fourth-order valence-electron chi connectivity index (χ4n) is 4.13. The third kappa shape index (κ3) is 2.04. The second-order valence-corrected chi connectivity index (χ2v) is 6.73. The summed E-state index contributed by atoms with van der Waals surface area (Å²) in [5.41, 5.74) is 2.93. The molecule has 2 unspecified atom stereocenters. The van der Waals surface area contributed by atoms with Crippen LogP contribution in [-0.2, 0) is 10.2 Å². The third-order valence-corrected chi connectivity index (χ3v) is 5.34. The lowest BCUT2D eigenvalue weighted by Crippen LogP contribution is -2.44. The van der Waals surface area contributed by atoms with E-state index in [9.17, 15) is 0 Å². The lowest BCUT2D eigenvalue weighted by Gasteiger charge is -2.28. The van der Waals surface area contributed by atoms with Gasteiger partial charge < -0.3 is 14.4 Å². The maximum Gasteiger partial charge on any atom is 0.199 e. The molecule has 4 nitrogen and oxygen atoms in total. The molecule has 0 saturated carbocycles. The van der Waals surface area contributed by atoms with Crippen LogP contribution >= 0.6 is 0 Å². The summed E-state index contributed by atoms with van der Waals surface area (Å²) in [6.45, 7) is 4.27. The average Bonchev–Trinajstić information content (AvgIpc) is 2.98. The molecule has 4 rings (SSSR count). The van der Waals surface area contributed by atoms with Crippen LogP contribution < -0.4 is 15.0 Å². The van der Waals surface area contributed by atoms with Crippen LogP contribution in [0.15, 0.2) is 18.2 Å². The van der Waals surface area contributed by atoms with E-state index < -0.39 is 0 Å². The molecule has 21 heavy (non-hydrogen) atoms. The normalized spacial score (nSPS) is 34.7. The Kier molecular flexibility index (Phi) is 3.12. The number of hydrogen-bond acceptors (Lipinski definition) is 4. The van der Waals surface area contributed by atoms with E-state index in [2.05, 4.69) is 42.4 Å². The van der Waals surface area contributed by atoms with E-state index in [0.717, 1.165) is 31.7 Å². The number of fused-ring (bicyclic) bond motifs is 3. The molecule has 1 aromatic carbocycles. The molecule has 2 fully saturated rings. The van der Waals surface area contributed by atoms with Gasteiger partial charge in [-0.3, -0.25) is 5.32 Å². The second kappa shape index (κ2) is 4.89. The zero-order chi connectivity index (χ0) is 14.4. The van der Waals surface area contributed by atoms with Crippen molar-refractivity contribution in [2.24, 2.45) is 0 Å². The maximum absolute atomic E-state index is 6.05. The quantitative estimate of drug-likeness (QED) is 0.907. The molecule has 0 amide bonds. The molecule has 3 heterocycles. The van der Waals surface area contributed by atoms with Crippen molar-refractivity contribution in [2.45, 2.75) is 50.5 Å². The van der Waals surface area contributed by atoms with Gasteiger partial charge in [0.2, 0.25) is 0 Å². The van der Waals surface area contributed by atoms with Gasteiger partial charge in [0.05, 0.1) is 12.8 Å². The number of hydrogen-bond donors (Lipinski definition) is 1. The van der Waals surface area contributed by atoms with Crippen molar-refractivity contribution in [3.63, 3.8) is 0 Å². The number of nitrogens with zero attached hydrogens (tertiary/aromatic N) is 1. The standard InChI is InChI=1S/C17H24N2O2/c1-17-8-9-18-16(17)19(2)14-7-6-12(11-13(14)17)21-15-5-3-4-10-20-15/h6-7,11,15-16,18H,3-5,8-10H2,1-2H3/t15?,16?,17-/m0/s1. The predicted octanol–water partition coefficient (Wildman–Crippen LogP) is 2.62. The third-order valence-electron chi connectivity index (χ3n) is 5.34. The van der Waals surface area contributed by atoms with E-state index in [-0.39, 0.29) is 11.7 Å². The van der Waals surface area contributed by atoms with Gasteiger partial charge in [-0.1, -0.05) is 6.92 Å². The van der Waals surface area contributed by atoms with Gasteiger partial charge in [-0.05, 0) is 49.6 Å². The van der Waals surface area contributed by atoms with E-state index in [1.807, 2.05) is 0 Å². The molecule has 0 bridgehead atoms. The van der Waals surface area contributed by atoms with Crippen LogP contribution in [-0.4, -0.2) is 32.7 Å². The van der Waals surface area contributed by atoms with Gasteiger partial charge in [0.25, 0.3) is 0 Å². The summed E-state index contributed by atoms with van der Waals surface area (Å²) < 4.78 is 11.7. The Morgan fingerprint density at radius 3 is 3.10 bits per heavy atom. The molecule has 0 spiro atoms. The number of rotatable bonds is 2. The fourth-order valence-corrected chi connectivity index (χ4v) is 4.13. The van der Waals surface area contributed by atoms with E-state index in [1.165, 1.54) is 24.1 Å². The van der Waals surface area contributed by atoms with Gasteiger partial charge >= 0.3 is 0 Å². The molecule has 114 valence electrons. The van der Waals surface area contributed by atoms with Crippen molar-refractivity contribution in [3.05, 3.63) is 23.8 Å². The van der Waals surface area contributed by atoms with Crippen LogP contribution in [0.4, 0.5) is 5.69 Å². The fraction of sp³-hybridized carbons (Fsp3) is 0.647. The first-order valence-electron chi connectivity index (χ1n) is 8.07. The van der Waals surface area contributed by atoms with Crippen molar-refractivity contribution in [1.82, 2.24) is 5.32 Å². The van der Waals surface area contributed by atoms with Crippen LogP contribution in [0.2, 0.25) is 0 Å². The molecule has 1 aromatic rings. The Balaban J connectivity index is 1.62. The van der Waals surface area contributed by atoms with E-state index in [1.54, 1.807) is 0 Å². The summed E-state index contributed by atoms with van der Waals surface area (Å²) in [6.07, 6.45) is 4.87. The first-order valence-corrected chi connectivity index (χ1v) is 8.07. The van der Waals surface area contributed by atoms with Crippen LogP contribution in [0.1, 0.15) is 38.2 Å².